The van der Waals surface area contributed by atoms with Crippen LogP contribution in [-0.2, 0) is 0 Å². The lowest BCUT2D eigenvalue weighted by molar-refractivity contribution is 0.177. The number of hydrogen-bond acceptors (Lipinski definition) is 2. The van der Waals surface area contributed by atoms with Crippen molar-refractivity contribution in [3.63, 3.8) is 0 Å². The Morgan fingerprint density at radius 2 is 1.82 bits per heavy atom. The average molecular weight is 180 g/mol. The van der Waals surface area contributed by atoms with Gasteiger partial charge in [0.25, 0.3) is 0 Å². The fraction of sp³-hybridized carbons (Fsp3) is 1.00. The molecule has 68 valence electrons. The first kappa shape index (κ1) is 11.2. The van der Waals surface area contributed by atoms with Crippen molar-refractivity contribution in [3.05, 3.63) is 0 Å². The molecule has 11 heavy (non-hydrogen) atoms. The lowest BCUT2D eigenvalue weighted by atomic mass is 9.87. The van der Waals surface area contributed by atoms with Crippen LogP contribution in [0.3, 0.4) is 0 Å². The normalized spacial score (nSPS) is 31.1. The molecular formula is C8H18ClNO. The quantitative estimate of drug-likeness (QED) is 0.668. The fourth-order valence-corrected chi connectivity index (χ4v) is 1.63. The topological polar surface area (TPSA) is 32.3 Å². The Bertz CT molecular complexity index is 80.1. The second-order valence-electron chi connectivity index (χ2n) is 3.19. The molecule has 2 nitrogen and oxygen atoms in total. The van der Waals surface area contributed by atoms with Crippen LogP contribution in [0, 0.1) is 5.92 Å². The van der Waals surface area contributed by atoms with Crippen LogP contribution in [0.25, 0.3) is 0 Å². The molecule has 0 heterocycles. The molecule has 1 fully saturated rings. The van der Waals surface area contributed by atoms with Crippen molar-refractivity contribution in [1.29, 1.82) is 0 Å². The Morgan fingerprint density at radius 1 is 1.27 bits per heavy atom. The maximum absolute atomic E-state index is 8.83. The van der Waals surface area contributed by atoms with Gasteiger partial charge < -0.3 is 10.4 Å². The standard InChI is InChI=1S/C8H17NO.ClH/c1-9-8-4-2-7(6-10)3-5-8;/h7-10H,2-6H2,1H3;1H. The van der Waals surface area contributed by atoms with Crippen molar-refractivity contribution in [2.75, 3.05) is 13.7 Å². The summed E-state index contributed by atoms with van der Waals surface area (Å²) in [6.45, 7) is 0.385. The SMILES string of the molecule is CNC1CCC(CO)CC1.Cl. The minimum absolute atomic E-state index is 0. The number of aliphatic hydroxyl groups is 1. The molecule has 0 saturated heterocycles. The second-order valence-corrected chi connectivity index (χ2v) is 3.19. The maximum Gasteiger partial charge on any atom is 0.0459 e. The minimum atomic E-state index is 0. The van der Waals surface area contributed by atoms with E-state index in [-0.39, 0.29) is 12.4 Å². The molecule has 1 aliphatic rings. The van der Waals surface area contributed by atoms with Crippen molar-refractivity contribution in [2.45, 2.75) is 31.7 Å². The molecule has 0 amide bonds. The smallest absolute Gasteiger partial charge is 0.0459 e. The zero-order valence-corrected chi connectivity index (χ0v) is 7.86. The predicted molar refractivity (Wildman–Crippen MR) is 49.1 cm³/mol. The zero-order chi connectivity index (χ0) is 7.40. The zero-order valence-electron chi connectivity index (χ0n) is 7.05. The summed E-state index contributed by atoms with van der Waals surface area (Å²) in [4.78, 5) is 0. The van der Waals surface area contributed by atoms with Gasteiger partial charge in [-0.2, -0.15) is 0 Å². The van der Waals surface area contributed by atoms with Crippen LogP contribution in [0.15, 0.2) is 0 Å². The molecule has 0 bridgehead atoms. The lowest BCUT2D eigenvalue weighted by Crippen LogP contribution is -2.30. The summed E-state index contributed by atoms with van der Waals surface area (Å²) >= 11 is 0. The first-order valence-corrected chi connectivity index (χ1v) is 4.15. The third kappa shape index (κ3) is 3.41. The van der Waals surface area contributed by atoms with Crippen LogP contribution in [0.2, 0.25) is 0 Å². The average Bonchev–Trinajstić information content (AvgIpc) is 2.05. The van der Waals surface area contributed by atoms with E-state index in [0.717, 1.165) is 0 Å². The third-order valence-electron chi connectivity index (χ3n) is 2.51. The van der Waals surface area contributed by atoms with Crippen molar-refractivity contribution in [3.8, 4) is 0 Å². The van der Waals surface area contributed by atoms with E-state index >= 15 is 0 Å². The highest BCUT2D eigenvalue weighted by Crippen LogP contribution is 2.23. The van der Waals surface area contributed by atoms with Gasteiger partial charge in [0.15, 0.2) is 0 Å². The first-order chi connectivity index (χ1) is 4.86. The Hall–Kier alpha value is 0.210. The highest BCUT2D eigenvalue weighted by molar-refractivity contribution is 5.85. The monoisotopic (exact) mass is 179 g/mol. The molecule has 1 aliphatic carbocycles. The number of nitrogens with one attached hydrogen (secondary N) is 1. The summed E-state index contributed by atoms with van der Waals surface area (Å²) < 4.78 is 0. The first-order valence-electron chi connectivity index (χ1n) is 4.15. The molecule has 1 saturated carbocycles. The number of halogens is 1. The number of aliphatic hydroxyl groups excluding tert-OH is 1. The van der Waals surface area contributed by atoms with Crippen LogP contribution < -0.4 is 5.32 Å². The number of hydrogen-bond donors (Lipinski definition) is 2. The second kappa shape index (κ2) is 5.81. The Kier molecular flexibility index (Phi) is 5.92. The van der Waals surface area contributed by atoms with E-state index < -0.39 is 0 Å². The summed E-state index contributed by atoms with van der Waals surface area (Å²) in [6, 6.07) is 0.711. The maximum atomic E-state index is 8.83. The molecule has 1 rings (SSSR count). The summed E-state index contributed by atoms with van der Waals surface area (Å²) in [7, 11) is 2.02. The van der Waals surface area contributed by atoms with E-state index in [9.17, 15) is 0 Å². The van der Waals surface area contributed by atoms with Gasteiger partial charge >= 0.3 is 0 Å². The molecule has 0 radical (unpaired) electrons. The largest absolute Gasteiger partial charge is 0.396 e. The molecule has 0 unspecified atom stereocenters. The summed E-state index contributed by atoms with van der Waals surface area (Å²) in [5.74, 6) is 0.588. The molecule has 2 N–H and O–H groups in total. The van der Waals surface area contributed by atoms with Crippen LogP contribution >= 0.6 is 12.4 Å². The van der Waals surface area contributed by atoms with Crippen molar-refractivity contribution >= 4 is 12.4 Å². The van der Waals surface area contributed by atoms with E-state index in [1.165, 1.54) is 25.7 Å². The molecule has 0 aromatic heterocycles. The van der Waals surface area contributed by atoms with E-state index in [4.69, 9.17) is 5.11 Å². The van der Waals surface area contributed by atoms with Gasteiger partial charge in [0.1, 0.15) is 0 Å². The predicted octanol–water partition coefficient (Wildman–Crippen LogP) is 1.18. The number of rotatable bonds is 2. The van der Waals surface area contributed by atoms with E-state index in [0.29, 0.717) is 18.6 Å². The minimum Gasteiger partial charge on any atom is -0.396 e. The van der Waals surface area contributed by atoms with Gasteiger partial charge in [0, 0.05) is 12.6 Å². The molecule has 0 spiro atoms. The highest BCUT2D eigenvalue weighted by atomic mass is 35.5. The van der Waals surface area contributed by atoms with Gasteiger partial charge in [0.05, 0.1) is 0 Å². The van der Waals surface area contributed by atoms with Crippen LogP contribution in [0.5, 0.6) is 0 Å². The highest BCUT2D eigenvalue weighted by Gasteiger charge is 2.18. The fourth-order valence-electron chi connectivity index (χ4n) is 1.63. The van der Waals surface area contributed by atoms with Gasteiger partial charge in [-0.15, -0.1) is 12.4 Å². The lowest BCUT2D eigenvalue weighted by Gasteiger charge is -2.26. The van der Waals surface area contributed by atoms with Crippen molar-refractivity contribution in [1.82, 2.24) is 5.32 Å². The van der Waals surface area contributed by atoms with Gasteiger partial charge in [-0.3, -0.25) is 0 Å². The molecule has 0 aromatic rings. The molecule has 0 aromatic carbocycles. The van der Waals surface area contributed by atoms with Crippen molar-refractivity contribution < 1.29 is 5.11 Å². The van der Waals surface area contributed by atoms with Crippen LogP contribution in [-0.4, -0.2) is 24.8 Å². The van der Waals surface area contributed by atoms with Crippen LogP contribution in [0.4, 0.5) is 0 Å². The van der Waals surface area contributed by atoms with E-state index in [1.54, 1.807) is 0 Å². The Balaban J connectivity index is 0.000001000. The Morgan fingerprint density at radius 3 is 2.18 bits per heavy atom. The molecule has 0 atom stereocenters. The van der Waals surface area contributed by atoms with E-state index in [2.05, 4.69) is 5.32 Å². The van der Waals surface area contributed by atoms with Crippen molar-refractivity contribution in [2.24, 2.45) is 5.92 Å². The summed E-state index contributed by atoms with van der Waals surface area (Å²) in [5.41, 5.74) is 0. The van der Waals surface area contributed by atoms with Gasteiger partial charge in [-0.25, -0.2) is 0 Å². The molecule has 0 aliphatic heterocycles. The molecule has 3 heteroatoms. The Labute approximate surface area is 74.8 Å². The van der Waals surface area contributed by atoms with Crippen LogP contribution in [0.1, 0.15) is 25.7 Å². The molecular weight excluding hydrogens is 162 g/mol. The van der Waals surface area contributed by atoms with Gasteiger partial charge in [0.2, 0.25) is 0 Å². The third-order valence-corrected chi connectivity index (χ3v) is 2.51. The van der Waals surface area contributed by atoms with Gasteiger partial charge in [-0.1, -0.05) is 0 Å². The van der Waals surface area contributed by atoms with Gasteiger partial charge in [-0.05, 0) is 38.6 Å². The van der Waals surface area contributed by atoms with E-state index in [1.807, 2.05) is 7.05 Å². The summed E-state index contributed by atoms with van der Waals surface area (Å²) in [6.07, 6.45) is 4.87. The summed E-state index contributed by atoms with van der Waals surface area (Å²) in [5, 5.41) is 12.1.